The number of hydrogen-bond acceptors (Lipinski definition) is 8. The van der Waals surface area contributed by atoms with Gasteiger partial charge in [0.25, 0.3) is 0 Å². The van der Waals surface area contributed by atoms with Crippen molar-refractivity contribution in [3.05, 3.63) is 54.4 Å². The van der Waals surface area contributed by atoms with Crippen molar-refractivity contribution in [3.63, 3.8) is 0 Å². The highest BCUT2D eigenvalue weighted by Crippen LogP contribution is 2.26. The van der Waals surface area contributed by atoms with Crippen molar-refractivity contribution in [1.29, 1.82) is 0 Å². The zero-order chi connectivity index (χ0) is 27.3. The molecule has 0 saturated carbocycles. The predicted octanol–water partition coefficient (Wildman–Crippen LogP) is 3.96. The van der Waals surface area contributed by atoms with Crippen molar-refractivity contribution in [3.8, 4) is 5.75 Å². The molecule has 1 aliphatic heterocycles. The number of anilines is 1. The molecule has 2 heterocycles. The number of rotatable bonds is 8. The summed E-state index contributed by atoms with van der Waals surface area (Å²) >= 11 is 0. The molecule has 3 N–H and O–H groups in total. The maximum atomic E-state index is 12.3. The Hall–Kier alpha value is -3.44. The largest absolute Gasteiger partial charge is 0.493 e. The minimum atomic E-state index is -3.69. The Kier molecular flexibility index (Phi) is 8.37. The first-order valence-electron chi connectivity index (χ1n) is 12.7. The van der Waals surface area contributed by atoms with E-state index in [2.05, 4.69) is 15.3 Å². The van der Waals surface area contributed by atoms with Crippen LogP contribution in [-0.4, -0.2) is 61.2 Å². The van der Waals surface area contributed by atoms with Crippen LogP contribution in [0.4, 0.5) is 10.6 Å². The number of nitrogens with one attached hydrogen (secondary N) is 1. The molecule has 4 rings (SSSR count). The molecular formula is C27H35N5O5S. The van der Waals surface area contributed by atoms with Crippen LogP contribution in [0.5, 0.6) is 5.75 Å². The molecule has 38 heavy (non-hydrogen) atoms. The van der Waals surface area contributed by atoms with E-state index in [0.29, 0.717) is 38.6 Å². The van der Waals surface area contributed by atoms with E-state index in [0.717, 1.165) is 40.9 Å². The number of benzene rings is 2. The van der Waals surface area contributed by atoms with Crippen LogP contribution in [0, 0.1) is 5.92 Å². The summed E-state index contributed by atoms with van der Waals surface area (Å²) in [6.45, 7) is 8.14. The van der Waals surface area contributed by atoms with E-state index in [1.165, 1.54) is 18.5 Å². The summed E-state index contributed by atoms with van der Waals surface area (Å²) in [5, 5.41) is 9.37. The molecule has 10 nitrogen and oxygen atoms in total. The fourth-order valence-corrected chi connectivity index (χ4v) is 4.78. The number of piperidine rings is 1. The lowest BCUT2D eigenvalue weighted by molar-refractivity contribution is 0.0165. The van der Waals surface area contributed by atoms with Crippen LogP contribution in [0.1, 0.15) is 39.2 Å². The third-order valence-corrected chi connectivity index (χ3v) is 7.25. The number of likely N-dealkylation sites (tertiary alicyclic amines) is 1. The molecule has 0 atom stereocenters. The average molecular weight is 542 g/mol. The highest BCUT2D eigenvalue weighted by Gasteiger charge is 2.27. The molecule has 3 aromatic rings. The number of carbonyl (C=O) groups excluding carboxylic acids is 1. The van der Waals surface area contributed by atoms with Crippen LogP contribution in [0.25, 0.3) is 10.9 Å². The van der Waals surface area contributed by atoms with Gasteiger partial charge in [-0.15, -0.1) is 0 Å². The smallest absolute Gasteiger partial charge is 0.410 e. The molecule has 1 aromatic heterocycles. The number of ether oxygens (including phenoxy) is 2. The normalized spacial score (nSPS) is 14.9. The number of fused-ring (bicyclic) bond motifs is 1. The molecule has 0 bridgehead atoms. The van der Waals surface area contributed by atoms with Gasteiger partial charge in [0.1, 0.15) is 23.5 Å². The molecule has 1 saturated heterocycles. The third-order valence-electron chi connectivity index (χ3n) is 6.32. The molecule has 0 aliphatic carbocycles. The van der Waals surface area contributed by atoms with Crippen LogP contribution >= 0.6 is 0 Å². The number of primary sulfonamides is 1. The van der Waals surface area contributed by atoms with Gasteiger partial charge in [0.2, 0.25) is 10.0 Å². The van der Waals surface area contributed by atoms with Crippen molar-refractivity contribution in [2.75, 3.05) is 31.6 Å². The first-order chi connectivity index (χ1) is 18.0. The van der Waals surface area contributed by atoms with Gasteiger partial charge in [-0.25, -0.2) is 28.3 Å². The minimum absolute atomic E-state index is 0.0975. The van der Waals surface area contributed by atoms with Crippen molar-refractivity contribution < 1.29 is 22.7 Å². The van der Waals surface area contributed by atoms with E-state index >= 15 is 0 Å². The summed E-state index contributed by atoms with van der Waals surface area (Å²) < 4.78 is 34.4. The second-order valence-corrected chi connectivity index (χ2v) is 12.1. The number of hydrogen-bond donors (Lipinski definition) is 2. The summed E-state index contributed by atoms with van der Waals surface area (Å²) in [6, 6.07) is 12.3. The minimum Gasteiger partial charge on any atom is -0.493 e. The Morgan fingerprint density at radius 1 is 1.11 bits per heavy atom. The van der Waals surface area contributed by atoms with Crippen LogP contribution in [0.15, 0.2) is 53.7 Å². The molecule has 0 unspecified atom stereocenters. The Morgan fingerprint density at radius 3 is 2.47 bits per heavy atom. The molecule has 1 fully saturated rings. The van der Waals surface area contributed by atoms with Crippen LogP contribution in [-0.2, 0) is 21.2 Å². The number of nitrogens with two attached hydrogens (primary N) is 1. The second-order valence-electron chi connectivity index (χ2n) is 10.5. The Bertz CT molecular complexity index is 1360. The fraction of sp³-hybridized carbons (Fsp3) is 0.444. The summed E-state index contributed by atoms with van der Waals surface area (Å²) in [6.07, 6.45) is 3.68. The first kappa shape index (κ1) is 27.6. The number of aromatic nitrogens is 2. The van der Waals surface area contributed by atoms with Gasteiger partial charge in [-0.2, -0.15) is 0 Å². The van der Waals surface area contributed by atoms with Crippen molar-refractivity contribution >= 4 is 32.8 Å². The monoisotopic (exact) mass is 541 g/mol. The van der Waals surface area contributed by atoms with Crippen LogP contribution in [0.2, 0.25) is 0 Å². The first-order valence-corrected chi connectivity index (χ1v) is 14.2. The van der Waals surface area contributed by atoms with E-state index in [9.17, 15) is 13.2 Å². The molecular weight excluding hydrogens is 506 g/mol. The number of amides is 1. The van der Waals surface area contributed by atoms with Gasteiger partial charge in [-0.05, 0) is 75.8 Å². The van der Waals surface area contributed by atoms with Gasteiger partial charge in [0.15, 0.2) is 0 Å². The molecule has 2 aromatic carbocycles. The zero-order valence-electron chi connectivity index (χ0n) is 22.0. The zero-order valence-corrected chi connectivity index (χ0v) is 22.8. The van der Waals surface area contributed by atoms with E-state index < -0.39 is 15.6 Å². The van der Waals surface area contributed by atoms with Gasteiger partial charge in [-0.3, -0.25) is 0 Å². The Morgan fingerprint density at radius 2 is 1.82 bits per heavy atom. The maximum absolute atomic E-state index is 12.3. The summed E-state index contributed by atoms with van der Waals surface area (Å²) in [5.74, 6) is 1.83. The van der Waals surface area contributed by atoms with Gasteiger partial charge in [-0.1, -0.05) is 12.1 Å². The lowest BCUT2D eigenvalue weighted by Crippen LogP contribution is -2.42. The lowest BCUT2D eigenvalue weighted by Gasteiger charge is -2.33. The second kappa shape index (κ2) is 11.5. The average Bonchev–Trinajstić information content (AvgIpc) is 2.86. The third kappa shape index (κ3) is 7.55. The van der Waals surface area contributed by atoms with Gasteiger partial charge >= 0.3 is 6.09 Å². The van der Waals surface area contributed by atoms with E-state index in [-0.39, 0.29) is 11.0 Å². The highest BCUT2D eigenvalue weighted by molar-refractivity contribution is 7.89. The molecule has 1 amide bonds. The van der Waals surface area contributed by atoms with E-state index in [4.69, 9.17) is 14.6 Å². The maximum Gasteiger partial charge on any atom is 0.410 e. The van der Waals surface area contributed by atoms with E-state index in [1.807, 2.05) is 39.0 Å². The molecule has 11 heteroatoms. The van der Waals surface area contributed by atoms with Crippen LogP contribution in [0.3, 0.4) is 0 Å². The highest BCUT2D eigenvalue weighted by atomic mass is 32.2. The van der Waals surface area contributed by atoms with Gasteiger partial charge in [0.05, 0.1) is 17.0 Å². The molecule has 1 aliphatic rings. The summed E-state index contributed by atoms with van der Waals surface area (Å²) in [7, 11) is -3.69. The van der Waals surface area contributed by atoms with Crippen molar-refractivity contribution in [2.45, 2.75) is 50.5 Å². The molecule has 204 valence electrons. The molecule has 0 radical (unpaired) electrons. The Balaban J connectivity index is 1.28. The van der Waals surface area contributed by atoms with E-state index in [1.54, 1.807) is 17.0 Å². The SMILES string of the molecule is CC(C)(C)OC(=O)N1CCC(COc2ccc3c(NCCc4ccc(S(N)(=O)=O)cc4)ncnc3c2)CC1. The summed E-state index contributed by atoms with van der Waals surface area (Å²) in [5.41, 5.74) is 1.27. The lowest BCUT2D eigenvalue weighted by atomic mass is 9.98. The fourth-order valence-electron chi connectivity index (χ4n) is 4.26. The van der Waals surface area contributed by atoms with Crippen molar-refractivity contribution in [2.24, 2.45) is 11.1 Å². The number of sulfonamides is 1. The quantitative estimate of drug-likeness (QED) is 0.437. The molecule has 0 spiro atoms. The van der Waals surface area contributed by atoms with Crippen molar-refractivity contribution in [1.82, 2.24) is 14.9 Å². The number of nitrogens with zero attached hydrogens (tertiary/aromatic N) is 3. The number of carbonyl (C=O) groups is 1. The van der Waals surface area contributed by atoms with Crippen LogP contribution < -0.4 is 15.2 Å². The summed E-state index contributed by atoms with van der Waals surface area (Å²) in [4.78, 5) is 22.9. The predicted molar refractivity (Wildman–Crippen MR) is 146 cm³/mol. The van der Waals surface area contributed by atoms with Gasteiger partial charge in [0, 0.05) is 31.1 Å². The topological polar surface area (TPSA) is 137 Å². The van der Waals surface area contributed by atoms with Gasteiger partial charge < -0.3 is 19.7 Å². The standard InChI is InChI=1S/C27H35N5O5S/c1-27(2,3)37-26(33)32-14-11-20(12-15-32)17-36-21-6-9-23-24(16-21)30-18-31-25(23)29-13-10-19-4-7-22(8-5-19)38(28,34)35/h4-9,16,18,20H,10-15,17H2,1-3H3,(H2,28,34,35)(H,29,30,31). The Labute approximate surface area is 223 Å².